The highest BCUT2D eigenvalue weighted by atomic mass is 79.9. The maximum Gasteiger partial charge on any atom is 0.408 e. The number of alkyl carbamates (subject to hydrolysis) is 1. The van der Waals surface area contributed by atoms with Crippen LogP contribution in [-0.2, 0) is 25.7 Å². The summed E-state index contributed by atoms with van der Waals surface area (Å²) in [5.74, 6) is 1.31. The molecule has 0 bridgehead atoms. The summed E-state index contributed by atoms with van der Waals surface area (Å²) in [5, 5.41) is 2.44. The first kappa shape index (κ1) is 20.5. The summed E-state index contributed by atoms with van der Waals surface area (Å²) in [6.07, 6.45) is 4.43. The van der Waals surface area contributed by atoms with Crippen molar-refractivity contribution in [1.82, 2.24) is 10.2 Å². The summed E-state index contributed by atoms with van der Waals surface area (Å²) < 4.78 is 9.73. The molecule has 0 heterocycles. The number of benzene rings is 1. The Balaban J connectivity index is 2.68. The number of nitrogens with zero attached hydrogens (tertiary/aromatic N) is 1. The lowest BCUT2D eigenvalue weighted by Gasteiger charge is -2.24. The number of nitrogens with one attached hydrogen (secondary N) is 1. The van der Waals surface area contributed by atoms with Gasteiger partial charge in [-0.25, -0.2) is 9.59 Å². The number of rotatable bonds is 8. The largest absolute Gasteiger partial charge is 0.467 e. The Hall–Kier alpha value is -2.53. The minimum absolute atomic E-state index is 0.00132. The van der Waals surface area contributed by atoms with E-state index >= 15 is 0 Å². The number of alkyl halides is 1. The van der Waals surface area contributed by atoms with Crippen molar-refractivity contribution >= 4 is 33.9 Å². The molecule has 0 spiro atoms. The van der Waals surface area contributed by atoms with Crippen LogP contribution in [0.4, 0.5) is 4.79 Å². The van der Waals surface area contributed by atoms with Crippen molar-refractivity contribution in [2.75, 3.05) is 25.5 Å². The molecule has 0 fully saturated rings. The van der Waals surface area contributed by atoms with Crippen LogP contribution in [0.25, 0.3) is 0 Å². The highest BCUT2D eigenvalue weighted by molar-refractivity contribution is 9.09. The molecule has 0 saturated heterocycles. The third-order valence-corrected chi connectivity index (χ3v) is 3.62. The van der Waals surface area contributed by atoms with Crippen molar-refractivity contribution in [2.24, 2.45) is 0 Å². The SMILES string of the molecule is C#CCN(CC(NC(=O)OCc1ccccc1)C(=O)OC)C(=O)CBr. The van der Waals surface area contributed by atoms with E-state index in [4.69, 9.17) is 11.2 Å². The van der Waals surface area contributed by atoms with Gasteiger partial charge in [0.15, 0.2) is 0 Å². The van der Waals surface area contributed by atoms with Crippen molar-refractivity contribution < 1.29 is 23.9 Å². The van der Waals surface area contributed by atoms with E-state index in [1.807, 2.05) is 18.2 Å². The Kier molecular flexibility index (Phi) is 9.11. The Morgan fingerprint density at radius 3 is 2.56 bits per heavy atom. The number of ether oxygens (including phenoxy) is 2. The zero-order valence-electron chi connectivity index (χ0n) is 13.7. The molecule has 0 aliphatic heterocycles. The molecule has 1 aromatic rings. The molecule has 1 N–H and O–H groups in total. The van der Waals surface area contributed by atoms with Crippen molar-refractivity contribution in [1.29, 1.82) is 0 Å². The fraction of sp³-hybridized carbons (Fsp3) is 0.353. The molecule has 134 valence electrons. The second-order valence-corrected chi connectivity index (χ2v) is 5.45. The molecule has 0 saturated carbocycles. The summed E-state index contributed by atoms with van der Waals surface area (Å²) in [5.41, 5.74) is 0.802. The number of methoxy groups -OCH3 is 1. The molecular formula is C17H19BrN2O5. The van der Waals surface area contributed by atoms with Gasteiger partial charge in [-0.1, -0.05) is 52.2 Å². The Bertz CT molecular complexity index is 630. The topological polar surface area (TPSA) is 84.9 Å². The predicted octanol–water partition coefficient (Wildman–Crippen LogP) is 1.31. The zero-order chi connectivity index (χ0) is 18.7. The standard InChI is InChI=1S/C17H19BrN2O5/c1-3-9-20(15(21)10-18)11-14(16(22)24-2)19-17(23)25-12-13-7-5-4-6-8-13/h1,4-8,14H,9-12H2,2H3,(H,19,23). The van der Waals surface area contributed by atoms with Gasteiger partial charge in [-0.2, -0.15) is 0 Å². The molecular weight excluding hydrogens is 392 g/mol. The first-order valence-electron chi connectivity index (χ1n) is 7.34. The second-order valence-electron chi connectivity index (χ2n) is 4.89. The number of halogens is 1. The smallest absolute Gasteiger partial charge is 0.408 e. The van der Waals surface area contributed by atoms with Gasteiger partial charge in [-0.3, -0.25) is 4.79 Å². The van der Waals surface area contributed by atoms with E-state index < -0.39 is 18.1 Å². The molecule has 1 aromatic carbocycles. The lowest BCUT2D eigenvalue weighted by Crippen LogP contribution is -2.50. The maximum atomic E-state index is 11.9. The summed E-state index contributed by atoms with van der Waals surface area (Å²) >= 11 is 3.04. The van der Waals surface area contributed by atoms with Crippen molar-refractivity contribution in [2.45, 2.75) is 12.6 Å². The zero-order valence-corrected chi connectivity index (χ0v) is 15.3. The fourth-order valence-electron chi connectivity index (χ4n) is 1.90. The normalized spacial score (nSPS) is 10.9. The van der Waals surface area contributed by atoms with Crippen LogP contribution in [0.1, 0.15) is 5.56 Å². The van der Waals surface area contributed by atoms with Crippen LogP contribution in [0.3, 0.4) is 0 Å². The summed E-state index contributed by atoms with van der Waals surface area (Å²) in [6, 6.07) is 7.99. The molecule has 0 aromatic heterocycles. The number of carbonyl (C=O) groups is 3. The average Bonchev–Trinajstić information content (AvgIpc) is 2.64. The van der Waals surface area contributed by atoms with E-state index in [2.05, 4.69) is 31.9 Å². The van der Waals surface area contributed by atoms with Crippen molar-refractivity contribution in [3.63, 3.8) is 0 Å². The molecule has 0 radical (unpaired) electrons. The Labute approximate surface area is 154 Å². The Morgan fingerprint density at radius 1 is 1.32 bits per heavy atom. The van der Waals surface area contributed by atoms with Gasteiger partial charge in [0.2, 0.25) is 5.91 Å². The minimum atomic E-state index is -1.09. The molecule has 25 heavy (non-hydrogen) atoms. The van der Waals surface area contributed by atoms with Crippen LogP contribution >= 0.6 is 15.9 Å². The third kappa shape index (κ3) is 7.27. The van der Waals surface area contributed by atoms with E-state index in [1.54, 1.807) is 12.1 Å². The predicted molar refractivity (Wildman–Crippen MR) is 94.8 cm³/mol. The van der Waals surface area contributed by atoms with Crippen LogP contribution < -0.4 is 5.32 Å². The van der Waals surface area contributed by atoms with Crippen LogP contribution in [-0.4, -0.2) is 54.4 Å². The van der Waals surface area contributed by atoms with Gasteiger partial charge in [0.1, 0.15) is 12.6 Å². The van der Waals surface area contributed by atoms with E-state index in [-0.39, 0.29) is 30.9 Å². The van der Waals surface area contributed by atoms with E-state index in [0.717, 1.165) is 5.56 Å². The molecule has 2 amide bonds. The maximum absolute atomic E-state index is 11.9. The van der Waals surface area contributed by atoms with E-state index in [0.29, 0.717) is 0 Å². The molecule has 0 aliphatic rings. The second kappa shape index (κ2) is 11.1. The molecule has 1 unspecified atom stereocenters. The first-order chi connectivity index (χ1) is 12.0. The highest BCUT2D eigenvalue weighted by Crippen LogP contribution is 2.03. The summed E-state index contributed by atoms with van der Waals surface area (Å²) in [6.45, 7) is -0.0740. The van der Waals surface area contributed by atoms with Gasteiger partial charge in [0, 0.05) is 0 Å². The summed E-state index contributed by atoms with van der Waals surface area (Å²) in [7, 11) is 1.18. The van der Waals surface area contributed by atoms with Crippen LogP contribution in [0.5, 0.6) is 0 Å². The van der Waals surface area contributed by atoms with Gasteiger partial charge in [-0.15, -0.1) is 6.42 Å². The average molecular weight is 411 g/mol. The number of hydrogen-bond donors (Lipinski definition) is 1. The summed E-state index contributed by atoms with van der Waals surface area (Å²) in [4.78, 5) is 36.9. The van der Waals surface area contributed by atoms with Crippen molar-refractivity contribution in [3.05, 3.63) is 35.9 Å². The van der Waals surface area contributed by atoms with Gasteiger partial charge >= 0.3 is 12.1 Å². The number of terminal acetylenes is 1. The molecule has 1 rings (SSSR count). The van der Waals surface area contributed by atoms with Crippen LogP contribution in [0, 0.1) is 12.3 Å². The number of amides is 2. The number of esters is 1. The van der Waals surface area contributed by atoms with E-state index in [9.17, 15) is 14.4 Å². The lowest BCUT2D eigenvalue weighted by molar-refractivity contribution is -0.144. The molecule has 1 atom stereocenters. The number of hydrogen-bond acceptors (Lipinski definition) is 5. The molecule has 0 aliphatic carbocycles. The van der Waals surface area contributed by atoms with Gasteiger partial charge in [0.05, 0.1) is 25.5 Å². The fourth-order valence-corrected chi connectivity index (χ4v) is 2.25. The van der Waals surface area contributed by atoms with E-state index in [1.165, 1.54) is 12.0 Å². The van der Waals surface area contributed by atoms with Crippen LogP contribution in [0.15, 0.2) is 30.3 Å². The first-order valence-corrected chi connectivity index (χ1v) is 8.46. The van der Waals surface area contributed by atoms with Gasteiger partial charge in [0.25, 0.3) is 0 Å². The minimum Gasteiger partial charge on any atom is -0.467 e. The van der Waals surface area contributed by atoms with Gasteiger partial charge < -0.3 is 19.7 Å². The molecule has 8 heteroatoms. The lowest BCUT2D eigenvalue weighted by atomic mass is 10.2. The molecule has 7 nitrogen and oxygen atoms in total. The number of carbonyl (C=O) groups excluding carboxylic acids is 3. The quantitative estimate of drug-likeness (QED) is 0.396. The third-order valence-electron chi connectivity index (χ3n) is 3.14. The highest BCUT2D eigenvalue weighted by Gasteiger charge is 2.26. The Morgan fingerprint density at radius 2 is 2.00 bits per heavy atom. The van der Waals surface area contributed by atoms with Gasteiger partial charge in [-0.05, 0) is 5.56 Å². The monoisotopic (exact) mass is 410 g/mol. The van der Waals surface area contributed by atoms with Crippen LogP contribution in [0.2, 0.25) is 0 Å². The van der Waals surface area contributed by atoms with Crippen molar-refractivity contribution in [3.8, 4) is 12.3 Å².